The van der Waals surface area contributed by atoms with Gasteiger partial charge in [0.15, 0.2) is 5.78 Å². The van der Waals surface area contributed by atoms with Crippen LogP contribution in [0.15, 0.2) is 58.4 Å². The van der Waals surface area contributed by atoms with Crippen molar-refractivity contribution in [3.8, 4) is 11.5 Å². The van der Waals surface area contributed by atoms with Crippen LogP contribution in [-0.2, 0) is 4.79 Å². The molecule has 0 spiro atoms. The third kappa shape index (κ3) is 4.83. The highest BCUT2D eigenvalue weighted by atomic mass is 32.2. The summed E-state index contributed by atoms with van der Waals surface area (Å²) < 4.78 is 5.62. The minimum atomic E-state index is -0.401. The van der Waals surface area contributed by atoms with Crippen LogP contribution in [-0.4, -0.2) is 32.1 Å². The third-order valence-electron chi connectivity index (χ3n) is 3.94. The van der Waals surface area contributed by atoms with Gasteiger partial charge in [-0.3, -0.25) is 14.6 Å². The van der Waals surface area contributed by atoms with E-state index in [1.54, 1.807) is 55.7 Å². The van der Waals surface area contributed by atoms with E-state index in [0.717, 1.165) is 5.56 Å². The van der Waals surface area contributed by atoms with Gasteiger partial charge < -0.3 is 9.73 Å². The lowest BCUT2D eigenvalue weighted by Gasteiger charge is -2.10. The molecule has 1 atom stereocenters. The zero-order valence-corrected chi connectivity index (χ0v) is 16.6. The fourth-order valence-electron chi connectivity index (χ4n) is 2.31. The van der Waals surface area contributed by atoms with E-state index in [4.69, 9.17) is 4.42 Å². The van der Waals surface area contributed by atoms with E-state index < -0.39 is 5.25 Å². The molecule has 0 aliphatic rings. The maximum atomic E-state index is 12.7. The Morgan fingerprint density at radius 2 is 1.68 bits per heavy atom. The van der Waals surface area contributed by atoms with Crippen LogP contribution in [0.2, 0.25) is 0 Å². The van der Waals surface area contributed by atoms with Crippen LogP contribution in [0.5, 0.6) is 0 Å². The van der Waals surface area contributed by atoms with Crippen molar-refractivity contribution in [1.29, 1.82) is 0 Å². The summed E-state index contributed by atoms with van der Waals surface area (Å²) in [6.45, 7) is 5.44. The highest BCUT2D eigenvalue weighted by Crippen LogP contribution is 2.27. The molecule has 0 saturated heterocycles. The summed E-state index contributed by atoms with van der Waals surface area (Å²) in [5, 5.41) is 10.7. The van der Waals surface area contributed by atoms with Crippen molar-refractivity contribution in [2.75, 3.05) is 5.32 Å². The van der Waals surface area contributed by atoms with Crippen LogP contribution < -0.4 is 5.32 Å². The summed E-state index contributed by atoms with van der Waals surface area (Å²) in [7, 11) is 0. The van der Waals surface area contributed by atoms with Crippen molar-refractivity contribution in [3.05, 3.63) is 54.4 Å². The van der Waals surface area contributed by atoms with Gasteiger partial charge in [0, 0.05) is 35.1 Å². The predicted octanol–water partition coefficient (Wildman–Crippen LogP) is 4.09. The lowest BCUT2D eigenvalue weighted by Crippen LogP contribution is -2.18. The molecule has 1 N–H and O–H groups in total. The second-order valence-electron chi connectivity index (χ2n) is 6.45. The monoisotopic (exact) mass is 396 g/mol. The summed E-state index contributed by atoms with van der Waals surface area (Å²) in [6.07, 6.45) is 3.29. The highest BCUT2D eigenvalue weighted by molar-refractivity contribution is 8.00. The van der Waals surface area contributed by atoms with Gasteiger partial charge in [-0.05, 0) is 43.3 Å². The van der Waals surface area contributed by atoms with Gasteiger partial charge in [0.1, 0.15) is 0 Å². The lowest BCUT2D eigenvalue weighted by atomic mass is 10.1. The molecule has 1 amide bonds. The normalized spacial score (nSPS) is 12.0. The number of nitrogens with zero attached hydrogens (tertiary/aromatic N) is 3. The topological polar surface area (TPSA) is 98.0 Å². The number of rotatable bonds is 7. The summed E-state index contributed by atoms with van der Waals surface area (Å²) >= 11 is 1.21. The number of hydrogen-bond donors (Lipinski definition) is 1. The minimum Gasteiger partial charge on any atom is -0.411 e. The molecule has 2 heterocycles. The fraction of sp³-hybridized carbons (Fsp3) is 0.250. The molecule has 0 aliphatic carbocycles. The Bertz CT molecular complexity index is 955. The van der Waals surface area contributed by atoms with Crippen molar-refractivity contribution < 1.29 is 14.0 Å². The first-order valence-electron chi connectivity index (χ1n) is 8.79. The molecule has 3 aromatic rings. The van der Waals surface area contributed by atoms with E-state index in [1.807, 2.05) is 13.8 Å². The number of nitrogens with one attached hydrogen (secondary N) is 1. The molecule has 0 fully saturated rings. The van der Waals surface area contributed by atoms with Crippen molar-refractivity contribution in [2.24, 2.45) is 5.92 Å². The summed E-state index contributed by atoms with van der Waals surface area (Å²) in [5.74, 6) is 0.152. The van der Waals surface area contributed by atoms with Crippen LogP contribution in [0.3, 0.4) is 0 Å². The van der Waals surface area contributed by atoms with Gasteiger partial charge in [-0.25, -0.2) is 0 Å². The van der Waals surface area contributed by atoms with E-state index in [9.17, 15) is 9.59 Å². The van der Waals surface area contributed by atoms with Crippen molar-refractivity contribution in [3.63, 3.8) is 0 Å². The van der Waals surface area contributed by atoms with E-state index in [-0.39, 0.29) is 17.6 Å². The number of anilines is 1. The van der Waals surface area contributed by atoms with Crippen molar-refractivity contribution >= 4 is 29.1 Å². The SMILES string of the molecule is CC(C)C(=O)Nc1ccc(C(=O)C(C)Sc2nnc(-c3ccncc3)o2)cc1. The van der Waals surface area contributed by atoms with Crippen molar-refractivity contribution in [1.82, 2.24) is 15.2 Å². The Hall–Kier alpha value is -3.00. The van der Waals surface area contributed by atoms with E-state index in [1.165, 1.54) is 11.8 Å². The number of ketones is 1. The van der Waals surface area contributed by atoms with Gasteiger partial charge in [0.25, 0.3) is 5.22 Å². The molecule has 8 heteroatoms. The number of amides is 1. The van der Waals surface area contributed by atoms with Crippen LogP contribution in [0.1, 0.15) is 31.1 Å². The summed E-state index contributed by atoms with van der Waals surface area (Å²) in [4.78, 5) is 28.4. The van der Waals surface area contributed by atoms with E-state index in [0.29, 0.717) is 22.4 Å². The first-order valence-corrected chi connectivity index (χ1v) is 9.67. The van der Waals surface area contributed by atoms with Gasteiger partial charge in [-0.15, -0.1) is 10.2 Å². The van der Waals surface area contributed by atoms with Gasteiger partial charge in [-0.2, -0.15) is 0 Å². The fourth-order valence-corrected chi connectivity index (χ4v) is 3.07. The predicted molar refractivity (Wildman–Crippen MR) is 107 cm³/mol. The number of carbonyl (C=O) groups is 2. The van der Waals surface area contributed by atoms with E-state index >= 15 is 0 Å². The maximum absolute atomic E-state index is 12.7. The number of benzene rings is 1. The molecular formula is C20H20N4O3S. The molecule has 2 aromatic heterocycles. The molecule has 3 rings (SSSR count). The molecule has 0 aliphatic heterocycles. The lowest BCUT2D eigenvalue weighted by molar-refractivity contribution is -0.118. The number of pyridine rings is 1. The molecule has 144 valence electrons. The molecule has 28 heavy (non-hydrogen) atoms. The number of carbonyl (C=O) groups excluding carboxylic acids is 2. The number of hydrogen-bond acceptors (Lipinski definition) is 7. The molecule has 1 unspecified atom stereocenters. The van der Waals surface area contributed by atoms with Gasteiger partial charge >= 0.3 is 0 Å². The first-order chi connectivity index (χ1) is 13.4. The quantitative estimate of drug-likeness (QED) is 0.474. The highest BCUT2D eigenvalue weighted by Gasteiger charge is 2.20. The average molecular weight is 396 g/mol. The zero-order valence-electron chi connectivity index (χ0n) is 15.7. The molecule has 0 radical (unpaired) electrons. The zero-order chi connectivity index (χ0) is 20.1. The second-order valence-corrected chi connectivity index (χ2v) is 7.75. The minimum absolute atomic E-state index is 0.0598. The molecule has 0 saturated carbocycles. The largest absolute Gasteiger partial charge is 0.411 e. The first kappa shape index (κ1) is 19.8. The average Bonchev–Trinajstić information content (AvgIpc) is 3.17. The Kier molecular flexibility index (Phi) is 6.20. The third-order valence-corrected chi connectivity index (χ3v) is 4.88. The smallest absolute Gasteiger partial charge is 0.277 e. The molecule has 0 bridgehead atoms. The summed E-state index contributed by atoms with van der Waals surface area (Å²) in [5.41, 5.74) is 1.98. The van der Waals surface area contributed by atoms with Crippen LogP contribution in [0.25, 0.3) is 11.5 Å². The molecular weight excluding hydrogens is 376 g/mol. The van der Waals surface area contributed by atoms with E-state index in [2.05, 4.69) is 20.5 Å². The Balaban J connectivity index is 1.63. The van der Waals surface area contributed by atoms with Crippen LogP contribution in [0.4, 0.5) is 5.69 Å². The van der Waals surface area contributed by atoms with Crippen molar-refractivity contribution in [2.45, 2.75) is 31.2 Å². The summed E-state index contributed by atoms with van der Waals surface area (Å²) in [6, 6.07) is 10.4. The number of thioether (sulfide) groups is 1. The number of Topliss-reactive ketones (excluding diaryl/α,β-unsaturated/α-hetero) is 1. The van der Waals surface area contributed by atoms with Crippen LogP contribution in [0, 0.1) is 5.92 Å². The van der Waals surface area contributed by atoms with Gasteiger partial charge in [0.2, 0.25) is 11.8 Å². The van der Waals surface area contributed by atoms with Gasteiger partial charge in [0.05, 0.1) is 5.25 Å². The van der Waals surface area contributed by atoms with Crippen LogP contribution >= 0.6 is 11.8 Å². The Morgan fingerprint density at radius 1 is 1.00 bits per heavy atom. The van der Waals surface area contributed by atoms with Gasteiger partial charge in [-0.1, -0.05) is 25.6 Å². The number of aromatic nitrogens is 3. The Morgan fingerprint density at radius 3 is 2.32 bits per heavy atom. The maximum Gasteiger partial charge on any atom is 0.277 e. The molecule has 1 aromatic carbocycles. The standard InChI is InChI=1S/C20H20N4O3S/c1-12(2)18(26)22-16-6-4-14(5-7-16)17(25)13(3)28-20-24-23-19(27-20)15-8-10-21-11-9-15/h4-13H,1-3H3,(H,22,26). The molecule has 7 nitrogen and oxygen atoms in total. The second kappa shape index (κ2) is 8.79. The Labute approximate surface area is 167 Å².